The summed E-state index contributed by atoms with van der Waals surface area (Å²) < 4.78 is 16.3. The quantitative estimate of drug-likeness (QED) is 0.727. The summed E-state index contributed by atoms with van der Waals surface area (Å²) in [5.74, 6) is 0.259. The molecule has 0 saturated carbocycles. The molecule has 0 aliphatic rings. The molecular formula is C16H22BrNO5. The fourth-order valence-corrected chi connectivity index (χ4v) is 2.34. The van der Waals surface area contributed by atoms with Gasteiger partial charge in [0.05, 0.1) is 20.6 Å². The van der Waals surface area contributed by atoms with Crippen molar-refractivity contribution >= 4 is 27.8 Å². The first-order valence-corrected chi connectivity index (χ1v) is 7.98. The van der Waals surface area contributed by atoms with E-state index in [0.29, 0.717) is 21.5 Å². The average molecular weight is 388 g/mol. The van der Waals surface area contributed by atoms with Crippen molar-refractivity contribution < 1.29 is 23.8 Å². The number of amides is 1. The second-order valence-electron chi connectivity index (χ2n) is 5.27. The van der Waals surface area contributed by atoms with Crippen LogP contribution >= 0.6 is 15.9 Å². The highest BCUT2D eigenvalue weighted by molar-refractivity contribution is 9.10. The van der Waals surface area contributed by atoms with Crippen LogP contribution in [0.5, 0.6) is 11.5 Å². The van der Waals surface area contributed by atoms with Gasteiger partial charge in [-0.3, -0.25) is 9.59 Å². The average Bonchev–Trinajstić information content (AvgIpc) is 2.47. The summed E-state index contributed by atoms with van der Waals surface area (Å²) in [6.45, 7) is 5.22. The molecule has 1 aromatic carbocycles. The zero-order valence-electron chi connectivity index (χ0n) is 13.9. The summed E-state index contributed by atoms with van der Waals surface area (Å²) in [6, 6.07) is 3.41. The maximum atomic E-state index is 12.0. The molecule has 1 N–H and O–H groups in total. The highest BCUT2D eigenvalue weighted by Crippen LogP contribution is 2.33. The number of hydrogen-bond acceptors (Lipinski definition) is 5. The lowest BCUT2D eigenvalue weighted by molar-refractivity contribution is -0.154. The van der Waals surface area contributed by atoms with E-state index in [1.54, 1.807) is 19.1 Å². The van der Waals surface area contributed by atoms with Gasteiger partial charge in [-0.1, -0.05) is 15.9 Å². The smallest absolute Gasteiger partial charge is 0.311 e. The van der Waals surface area contributed by atoms with Crippen molar-refractivity contribution in [3.63, 3.8) is 0 Å². The van der Waals surface area contributed by atoms with Crippen molar-refractivity contribution in [1.29, 1.82) is 0 Å². The molecule has 128 valence electrons. The van der Waals surface area contributed by atoms with E-state index in [-0.39, 0.29) is 18.4 Å². The molecule has 0 unspecified atom stereocenters. The number of rotatable bonds is 7. The highest BCUT2D eigenvalue weighted by atomic mass is 79.9. The Kier molecular flexibility index (Phi) is 7.35. The molecule has 0 spiro atoms. The van der Waals surface area contributed by atoms with Crippen LogP contribution in [0.3, 0.4) is 0 Å². The van der Waals surface area contributed by atoms with Gasteiger partial charge in [0, 0.05) is 10.5 Å². The monoisotopic (exact) mass is 387 g/mol. The molecule has 1 atom stereocenters. The Labute approximate surface area is 144 Å². The van der Waals surface area contributed by atoms with Gasteiger partial charge in [0.15, 0.2) is 17.6 Å². The number of methoxy groups -OCH3 is 2. The lowest BCUT2D eigenvalue weighted by Gasteiger charge is -2.16. The van der Waals surface area contributed by atoms with E-state index in [0.717, 1.165) is 0 Å². The SMILES string of the molecule is COc1cc(Br)c(CC(=O)O[C@@H](C)C(=O)NC(C)C)cc1OC. The molecular weight excluding hydrogens is 366 g/mol. The van der Waals surface area contributed by atoms with Crippen molar-refractivity contribution in [3.05, 3.63) is 22.2 Å². The van der Waals surface area contributed by atoms with E-state index in [9.17, 15) is 9.59 Å². The molecule has 0 aliphatic carbocycles. The number of hydrogen-bond donors (Lipinski definition) is 1. The molecule has 0 bridgehead atoms. The van der Waals surface area contributed by atoms with Crippen LogP contribution in [-0.4, -0.2) is 38.2 Å². The molecule has 0 heterocycles. The number of benzene rings is 1. The number of ether oxygens (including phenoxy) is 3. The Morgan fingerprint density at radius 1 is 1.13 bits per heavy atom. The van der Waals surface area contributed by atoms with Crippen LogP contribution in [0.15, 0.2) is 16.6 Å². The summed E-state index contributed by atoms with van der Waals surface area (Å²) in [4.78, 5) is 23.8. The zero-order chi connectivity index (χ0) is 17.6. The molecule has 0 fully saturated rings. The fourth-order valence-electron chi connectivity index (χ4n) is 1.88. The Hall–Kier alpha value is -1.76. The third kappa shape index (κ3) is 5.74. The van der Waals surface area contributed by atoms with Crippen LogP contribution in [0.25, 0.3) is 0 Å². The Balaban J connectivity index is 2.76. The maximum absolute atomic E-state index is 12.0. The van der Waals surface area contributed by atoms with Crippen molar-refractivity contribution in [1.82, 2.24) is 5.32 Å². The van der Waals surface area contributed by atoms with Gasteiger partial charge in [-0.05, 0) is 38.5 Å². The van der Waals surface area contributed by atoms with Gasteiger partial charge in [-0.15, -0.1) is 0 Å². The summed E-state index contributed by atoms with van der Waals surface area (Å²) >= 11 is 3.39. The van der Waals surface area contributed by atoms with E-state index < -0.39 is 12.1 Å². The van der Waals surface area contributed by atoms with Gasteiger partial charge in [-0.25, -0.2) is 0 Å². The molecule has 0 aliphatic heterocycles. The molecule has 1 amide bonds. The van der Waals surface area contributed by atoms with Crippen LogP contribution < -0.4 is 14.8 Å². The van der Waals surface area contributed by atoms with Crippen molar-refractivity contribution in [2.45, 2.75) is 39.3 Å². The molecule has 0 saturated heterocycles. The lowest BCUT2D eigenvalue weighted by atomic mass is 10.1. The van der Waals surface area contributed by atoms with Gasteiger partial charge in [0.1, 0.15) is 0 Å². The first-order chi connectivity index (χ1) is 10.8. The number of carbonyl (C=O) groups is 2. The van der Waals surface area contributed by atoms with Crippen LogP contribution in [0.4, 0.5) is 0 Å². The van der Waals surface area contributed by atoms with Gasteiger partial charge in [0.2, 0.25) is 0 Å². The van der Waals surface area contributed by atoms with E-state index in [4.69, 9.17) is 14.2 Å². The minimum Gasteiger partial charge on any atom is -0.493 e. The molecule has 7 heteroatoms. The van der Waals surface area contributed by atoms with E-state index in [2.05, 4.69) is 21.2 Å². The number of halogens is 1. The minimum atomic E-state index is -0.844. The molecule has 0 radical (unpaired) electrons. The van der Waals surface area contributed by atoms with Crippen LogP contribution in [0, 0.1) is 0 Å². The van der Waals surface area contributed by atoms with Crippen molar-refractivity contribution in [3.8, 4) is 11.5 Å². The second kappa shape index (κ2) is 8.76. The number of esters is 1. The summed E-state index contributed by atoms with van der Waals surface area (Å²) in [5.41, 5.74) is 0.684. The first-order valence-electron chi connectivity index (χ1n) is 7.18. The maximum Gasteiger partial charge on any atom is 0.311 e. The summed E-state index contributed by atoms with van der Waals surface area (Å²) in [5, 5.41) is 2.69. The molecule has 23 heavy (non-hydrogen) atoms. The van der Waals surface area contributed by atoms with E-state index in [1.807, 2.05) is 13.8 Å². The zero-order valence-corrected chi connectivity index (χ0v) is 15.5. The number of carbonyl (C=O) groups excluding carboxylic acids is 2. The Morgan fingerprint density at radius 3 is 2.22 bits per heavy atom. The predicted octanol–water partition coefficient (Wildman–Crippen LogP) is 2.47. The molecule has 0 aromatic heterocycles. The summed E-state index contributed by atoms with van der Waals surface area (Å²) in [7, 11) is 3.05. The first kappa shape index (κ1) is 19.3. The Morgan fingerprint density at radius 2 is 1.70 bits per heavy atom. The van der Waals surface area contributed by atoms with Crippen LogP contribution in [0.1, 0.15) is 26.3 Å². The second-order valence-corrected chi connectivity index (χ2v) is 6.13. The van der Waals surface area contributed by atoms with E-state index in [1.165, 1.54) is 14.2 Å². The largest absolute Gasteiger partial charge is 0.493 e. The van der Waals surface area contributed by atoms with Crippen molar-refractivity contribution in [2.24, 2.45) is 0 Å². The Bertz CT molecular complexity index is 574. The van der Waals surface area contributed by atoms with Crippen LogP contribution in [-0.2, 0) is 20.7 Å². The van der Waals surface area contributed by atoms with Gasteiger partial charge >= 0.3 is 5.97 Å². The van der Waals surface area contributed by atoms with Crippen LogP contribution in [0.2, 0.25) is 0 Å². The lowest BCUT2D eigenvalue weighted by Crippen LogP contribution is -2.39. The normalized spacial score (nSPS) is 11.8. The topological polar surface area (TPSA) is 73.9 Å². The molecule has 1 aromatic rings. The van der Waals surface area contributed by atoms with Gasteiger partial charge < -0.3 is 19.5 Å². The van der Waals surface area contributed by atoms with Gasteiger partial charge in [-0.2, -0.15) is 0 Å². The molecule has 6 nitrogen and oxygen atoms in total. The third-order valence-corrected chi connectivity index (χ3v) is 3.73. The van der Waals surface area contributed by atoms with Crippen molar-refractivity contribution in [2.75, 3.05) is 14.2 Å². The standard InChI is InChI=1S/C16H22BrNO5/c1-9(2)18-16(20)10(3)23-15(19)7-11-6-13(21-4)14(22-5)8-12(11)17/h6,8-10H,7H2,1-5H3,(H,18,20)/t10-/m0/s1. The number of nitrogens with one attached hydrogen (secondary N) is 1. The molecule has 1 rings (SSSR count). The van der Waals surface area contributed by atoms with Gasteiger partial charge in [0.25, 0.3) is 5.91 Å². The van der Waals surface area contributed by atoms with E-state index >= 15 is 0 Å². The minimum absolute atomic E-state index is 0.0105. The fraction of sp³-hybridized carbons (Fsp3) is 0.500. The third-order valence-electron chi connectivity index (χ3n) is 3.00. The summed E-state index contributed by atoms with van der Waals surface area (Å²) in [6.07, 6.45) is -0.830. The predicted molar refractivity (Wildman–Crippen MR) is 89.8 cm³/mol. The highest BCUT2D eigenvalue weighted by Gasteiger charge is 2.20.